The number of carbonyl (C=O) groups is 5. The summed E-state index contributed by atoms with van der Waals surface area (Å²) in [7, 11) is 2.02. The van der Waals surface area contributed by atoms with E-state index in [0.717, 1.165) is 70.2 Å². The molecule has 2 saturated heterocycles. The zero-order valence-electron chi connectivity index (χ0n) is 28.0. The summed E-state index contributed by atoms with van der Waals surface area (Å²) in [6, 6.07) is 9.26. The van der Waals surface area contributed by atoms with Crippen molar-refractivity contribution in [3.63, 3.8) is 0 Å². The summed E-state index contributed by atoms with van der Waals surface area (Å²) in [5.41, 5.74) is 7.05. The molecule has 1 atom stereocenters. The Morgan fingerprint density at radius 2 is 1.31 bits per heavy atom. The predicted molar refractivity (Wildman–Crippen MR) is 170 cm³/mol. The number of thioether (sulfide) groups is 1. The van der Waals surface area contributed by atoms with E-state index in [9.17, 15) is 53.9 Å². The average molecular weight is 785 g/mol. The summed E-state index contributed by atoms with van der Waals surface area (Å²) >= 11 is 0.890. The lowest BCUT2D eigenvalue weighted by atomic mass is 9.91. The lowest BCUT2D eigenvalue weighted by Crippen LogP contribution is -2.57. The number of carboxylic acids is 2. The molecule has 0 aliphatic carbocycles. The Hall–Kier alpha value is -3.59. The first-order chi connectivity index (χ1) is 23.9. The largest absolute Gasteiger partial charge is 0.490 e. The van der Waals surface area contributed by atoms with Crippen LogP contribution in [0.15, 0.2) is 30.3 Å². The van der Waals surface area contributed by atoms with Crippen LogP contribution in [-0.2, 0) is 30.5 Å². The average Bonchev–Trinajstić information content (AvgIpc) is 3.04. The van der Waals surface area contributed by atoms with Crippen molar-refractivity contribution in [1.29, 1.82) is 0 Å². The van der Waals surface area contributed by atoms with E-state index in [1.54, 1.807) is 4.90 Å². The summed E-state index contributed by atoms with van der Waals surface area (Å²) in [5, 5.41) is 14.2. The fourth-order valence-corrected chi connectivity index (χ4v) is 6.16. The van der Waals surface area contributed by atoms with Crippen LogP contribution in [0.25, 0.3) is 0 Å². The number of piperidine rings is 2. The van der Waals surface area contributed by atoms with Crippen LogP contribution < -0.4 is 5.73 Å². The van der Waals surface area contributed by atoms with Gasteiger partial charge in [-0.05, 0) is 70.0 Å². The first-order valence-corrected chi connectivity index (χ1v) is 16.9. The van der Waals surface area contributed by atoms with Gasteiger partial charge in [-0.15, -0.1) is 0 Å². The number of amides is 2. The molecule has 11 nitrogen and oxygen atoms in total. The lowest BCUT2D eigenvalue weighted by molar-refractivity contribution is -0.193. The van der Waals surface area contributed by atoms with Crippen molar-refractivity contribution < 1.29 is 73.7 Å². The maximum Gasteiger partial charge on any atom is 0.490 e. The molecule has 2 amide bonds. The van der Waals surface area contributed by atoms with Gasteiger partial charge in [0.2, 0.25) is 17.6 Å². The Morgan fingerprint density at radius 1 is 0.827 bits per heavy atom. The highest BCUT2D eigenvalue weighted by molar-refractivity contribution is 7.99. The second-order valence-corrected chi connectivity index (χ2v) is 13.1. The van der Waals surface area contributed by atoms with Crippen molar-refractivity contribution in [1.82, 2.24) is 14.7 Å². The zero-order chi connectivity index (χ0) is 39.9. The van der Waals surface area contributed by atoms with Crippen LogP contribution in [0.1, 0.15) is 44.1 Å². The Labute approximate surface area is 297 Å². The molecular formula is C31H41F9N4O7S. The van der Waals surface area contributed by atoms with Gasteiger partial charge >= 0.3 is 30.5 Å². The monoisotopic (exact) mass is 784 g/mol. The van der Waals surface area contributed by atoms with Crippen molar-refractivity contribution in [2.75, 3.05) is 44.7 Å². The first-order valence-electron chi connectivity index (χ1n) is 15.8. The molecule has 2 fully saturated rings. The highest BCUT2D eigenvalue weighted by Gasteiger charge is 2.41. The summed E-state index contributed by atoms with van der Waals surface area (Å²) in [6.45, 7) is 4.02. The molecule has 2 aliphatic rings. The molecule has 0 spiro atoms. The Balaban J connectivity index is 0.000000812. The molecular weight excluding hydrogens is 743 g/mol. The van der Waals surface area contributed by atoms with Gasteiger partial charge in [-0.25, -0.2) is 9.59 Å². The molecule has 4 N–H and O–H groups in total. The highest BCUT2D eigenvalue weighted by Crippen LogP contribution is 2.28. The van der Waals surface area contributed by atoms with E-state index in [-0.39, 0.29) is 30.0 Å². The minimum absolute atomic E-state index is 0.0386. The summed E-state index contributed by atoms with van der Waals surface area (Å²) < 4.78 is 101. The second-order valence-electron chi connectivity index (χ2n) is 12.0. The number of halogens is 9. The third-order valence-electron chi connectivity index (χ3n) is 7.99. The molecule has 52 heavy (non-hydrogen) atoms. The molecule has 296 valence electrons. The normalized spacial score (nSPS) is 17.1. The minimum atomic E-state index is -5.08. The number of likely N-dealkylation sites (tertiary alicyclic amines) is 2. The van der Waals surface area contributed by atoms with Crippen LogP contribution in [0.4, 0.5) is 39.5 Å². The maximum atomic E-state index is 13.8. The maximum absolute atomic E-state index is 13.8. The topological polar surface area (TPSA) is 162 Å². The number of rotatable bonds is 12. The summed E-state index contributed by atoms with van der Waals surface area (Å²) in [5.74, 6) is -8.46. The van der Waals surface area contributed by atoms with E-state index in [4.69, 9.17) is 25.5 Å². The van der Waals surface area contributed by atoms with Gasteiger partial charge in [-0.2, -0.15) is 51.3 Å². The molecule has 0 radical (unpaired) electrons. The van der Waals surface area contributed by atoms with Crippen molar-refractivity contribution in [3.8, 4) is 0 Å². The van der Waals surface area contributed by atoms with Gasteiger partial charge < -0.3 is 25.7 Å². The van der Waals surface area contributed by atoms with Gasteiger partial charge in [-0.3, -0.25) is 19.3 Å². The number of hydrogen-bond acceptors (Lipinski definition) is 8. The minimum Gasteiger partial charge on any atom is -0.475 e. The molecule has 1 aromatic rings. The number of ketones is 1. The van der Waals surface area contributed by atoms with Crippen LogP contribution in [0, 0.1) is 5.92 Å². The van der Waals surface area contributed by atoms with Crippen LogP contribution in [0.3, 0.4) is 0 Å². The van der Waals surface area contributed by atoms with Crippen molar-refractivity contribution in [2.45, 2.75) is 75.7 Å². The number of carbonyl (C=O) groups excluding carboxylic acids is 3. The van der Waals surface area contributed by atoms with E-state index in [0.29, 0.717) is 6.42 Å². The van der Waals surface area contributed by atoms with Gasteiger partial charge in [0, 0.05) is 31.6 Å². The fraction of sp³-hybridized carbons (Fsp3) is 0.645. The quantitative estimate of drug-likeness (QED) is 0.202. The smallest absolute Gasteiger partial charge is 0.475 e. The molecule has 0 aromatic heterocycles. The Morgan fingerprint density at radius 3 is 1.73 bits per heavy atom. The van der Waals surface area contributed by atoms with Crippen molar-refractivity contribution >= 4 is 41.3 Å². The summed E-state index contributed by atoms with van der Waals surface area (Å²) in [6.07, 6.45) is -11.5. The van der Waals surface area contributed by atoms with Crippen LogP contribution in [0.5, 0.6) is 0 Å². The summed E-state index contributed by atoms with van der Waals surface area (Å²) in [4.78, 5) is 61.6. The number of nitrogens with zero attached hydrogens (tertiary/aromatic N) is 3. The lowest BCUT2D eigenvalue weighted by Gasteiger charge is -2.44. The van der Waals surface area contributed by atoms with Gasteiger partial charge in [0.05, 0.1) is 5.75 Å². The number of Topliss-reactive ketones (excluding diaryl/α,β-unsaturated/α-hetero) is 1. The number of benzene rings is 1. The molecule has 0 saturated carbocycles. The standard InChI is InChI=1S/C27H39F3N4O3S.2C2HF3O2/c1-32-13-9-21(10-14-32)26(37)34(22-11-15-33(16-12-22)18-20-6-3-2-4-7-20)23(25(31)36)8-5-17-38-19-24(35)27(28,29)30;2*3-2(4,5)1(6)7/h2-4,6-7,21-23H,5,8-19H2,1H3,(H2,31,36);2*(H,6,7)/t23-;;/m0../s1. The van der Waals surface area contributed by atoms with Gasteiger partial charge in [0.25, 0.3) is 0 Å². The zero-order valence-corrected chi connectivity index (χ0v) is 28.8. The molecule has 2 aliphatic heterocycles. The van der Waals surface area contributed by atoms with Crippen molar-refractivity contribution in [3.05, 3.63) is 35.9 Å². The van der Waals surface area contributed by atoms with E-state index in [1.165, 1.54) is 5.56 Å². The molecule has 3 rings (SSSR count). The molecule has 1 aromatic carbocycles. The highest BCUT2D eigenvalue weighted by atomic mass is 32.2. The predicted octanol–water partition coefficient (Wildman–Crippen LogP) is 4.59. The number of hydrogen-bond donors (Lipinski definition) is 3. The molecule has 2 heterocycles. The van der Waals surface area contributed by atoms with Crippen LogP contribution >= 0.6 is 11.8 Å². The second kappa shape index (κ2) is 21.2. The number of carboxylic acid groups (broad SMARTS) is 2. The van der Waals surface area contributed by atoms with Crippen molar-refractivity contribution in [2.24, 2.45) is 11.7 Å². The van der Waals surface area contributed by atoms with E-state index in [2.05, 4.69) is 21.9 Å². The van der Waals surface area contributed by atoms with E-state index >= 15 is 0 Å². The first kappa shape index (κ1) is 46.4. The Kier molecular flexibility index (Phi) is 18.9. The van der Waals surface area contributed by atoms with E-state index < -0.39 is 54.0 Å². The third-order valence-corrected chi connectivity index (χ3v) is 9.03. The number of primary amides is 1. The SMILES string of the molecule is CN1CCC(C(=O)N(C2CCN(Cc3ccccc3)CC2)[C@@H](CCCSCC(=O)C(F)(F)F)C(N)=O)CC1.O=C(O)C(F)(F)F.O=C(O)C(F)(F)F. The number of alkyl halides is 9. The number of nitrogens with two attached hydrogens (primary N) is 1. The molecule has 21 heteroatoms. The van der Waals surface area contributed by atoms with Gasteiger partial charge in [-0.1, -0.05) is 30.3 Å². The number of aliphatic carboxylic acids is 2. The van der Waals surface area contributed by atoms with Crippen LogP contribution in [0.2, 0.25) is 0 Å². The van der Waals surface area contributed by atoms with E-state index in [1.807, 2.05) is 25.2 Å². The fourth-order valence-electron chi connectivity index (χ4n) is 5.30. The Bertz CT molecular complexity index is 1280. The van der Waals surface area contributed by atoms with Gasteiger partial charge in [0.1, 0.15) is 6.04 Å². The molecule has 0 unspecified atom stereocenters. The van der Waals surface area contributed by atoms with Crippen LogP contribution in [-0.4, -0.2) is 130 Å². The van der Waals surface area contributed by atoms with Gasteiger partial charge in [0.15, 0.2) is 0 Å². The third kappa shape index (κ3) is 17.3. The molecule has 0 bridgehead atoms.